The lowest BCUT2D eigenvalue weighted by atomic mass is 10.0. The van der Waals surface area contributed by atoms with Gasteiger partial charge in [-0.15, -0.1) is 0 Å². The van der Waals surface area contributed by atoms with Crippen LogP contribution in [0.5, 0.6) is 11.5 Å². The summed E-state index contributed by atoms with van der Waals surface area (Å²) in [7, 11) is 0. The highest BCUT2D eigenvalue weighted by Crippen LogP contribution is 2.55. The van der Waals surface area contributed by atoms with Crippen LogP contribution in [0.15, 0.2) is 36.7 Å². The molecule has 126 valence electrons. The highest BCUT2D eigenvalue weighted by atomic mass is 19.3. The van der Waals surface area contributed by atoms with Gasteiger partial charge in [0.25, 0.3) is 6.43 Å². The molecule has 0 amide bonds. The number of alkyl halides is 6. The first kappa shape index (κ1) is 16.3. The number of hydrogen-bond acceptors (Lipinski definition) is 3. The van der Waals surface area contributed by atoms with Crippen LogP contribution in [0, 0.1) is 0 Å². The van der Waals surface area contributed by atoms with E-state index in [1.807, 2.05) is 0 Å². The fourth-order valence-corrected chi connectivity index (χ4v) is 2.42. The van der Waals surface area contributed by atoms with Gasteiger partial charge in [0, 0.05) is 17.3 Å². The fourth-order valence-electron chi connectivity index (χ4n) is 2.42. The topological polar surface area (TPSA) is 39.2 Å². The maximum Gasteiger partial charge on any atom is 0.376 e. The molecular formula is C15H7F6NO2. The van der Waals surface area contributed by atoms with Gasteiger partial charge in [-0.2, -0.15) is 17.6 Å². The summed E-state index contributed by atoms with van der Waals surface area (Å²) in [5.74, 6) is -13.0. The highest BCUT2D eigenvalue weighted by molar-refractivity contribution is 6.08. The zero-order valence-corrected chi connectivity index (χ0v) is 11.6. The molecule has 0 fully saturated rings. The van der Waals surface area contributed by atoms with Gasteiger partial charge in [-0.1, -0.05) is 0 Å². The number of ketones is 1. The molecule has 3 rings (SSSR count). The number of Topliss-reactive ketones (excluding diaryl/α,β-unsaturated/α-hetero) is 1. The lowest BCUT2D eigenvalue weighted by molar-refractivity contribution is -0.176. The first-order valence-electron chi connectivity index (χ1n) is 6.51. The third kappa shape index (κ3) is 2.15. The van der Waals surface area contributed by atoms with Crippen LogP contribution in [0.2, 0.25) is 0 Å². The molecule has 1 aromatic carbocycles. The molecule has 0 spiro atoms. The van der Waals surface area contributed by atoms with Crippen molar-refractivity contribution in [2.24, 2.45) is 0 Å². The molecule has 1 aliphatic carbocycles. The van der Waals surface area contributed by atoms with Crippen LogP contribution in [-0.4, -0.2) is 16.7 Å². The van der Waals surface area contributed by atoms with E-state index < -0.39 is 46.5 Å². The molecule has 0 aliphatic heterocycles. The Morgan fingerprint density at radius 3 is 2.33 bits per heavy atom. The van der Waals surface area contributed by atoms with E-state index in [-0.39, 0.29) is 5.75 Å². The molecule has 3 nitrogen and oxygen atoms in total. The predicted molar refractivity (Wildman–Crippen MR) is 68.9 cm³/mol. The molecule has 0 saturated heterocycles. The van der Waals surface area contributed by atoms with Gasteiger partial charge in [0.1, 0.15) is 11.5 Å². The van der Waals surface area contributed by atoms with Crippen molar-refractivity contribution in [3.63, 3.8) is 0 Å². The summed E-state index contributed by atoms with van der Waals surface area (Å²) in [6.45, 7) is 0. The average molecular weight is 347 g/mol. The number of benzene rings is 1. The van der Waals surface area contributed by atoms with Crippen molar-refractivity contribution < 1.29 is 35.9 Å². The van der Waals surface area contributed by atoms with E-state index in [2.05, 4.69) is 4.98 Å². The largest absolute Gasteiger partial charge is 0.455 e. The summed E-state index contributed by atoms with van der Waals surface area (Å²) in [5.41, 5.74) is -4.13. The first-order chi connectivity index (χ1) is 11.2. The second kappa shape index (κ2) is 5.22. The number of ether oxygens (including phenoxy) is 1. The first-order valence-corrected chi connectivity index (χ1v) is 6.51. The number of hydrogen-bond donors (Lipinski definition) is 0. The molecule has 1 aliphatic rings. The van der Waals surface area contributed by atoms with E-state index in [9.17, 15) is 31.1 Å². The second-order valence-corrected chi connectivity index (χ2v) is 4.97. The molecule has 2 aromatic rings. The van der Waals surface area contributed by atoms with Gasteiger partial charge in [0.05, 0.1) is 11.8 Å². The predicted octanol–water partition coefficient (Wildman–Crippen LogP) is 4.73. The molecular weight excluding hydrogens is 340 g/mol. The van der Waals surface area contributed by atoms with Crippen LogP contribution in [0.4, 0.5) is 26.3 Å². The summed E-state index contributed by atoms with van der Waals surface area (Å²) in [5, 5.41) is 0. The number of carbonyl (C=O) groups is 1. The molecule has 1 aromatic heterocycles. The lowest BCUT2D eigenvalue weighted by Gasteiger charge is -2.17. The van der Waals surface area contributed by atoms with Crippen molar-refractivity contribution in [2.45, 2.75) is 18.3 Å². The summed E-state index contributed by atoms with van der Waals surface area (Å²) < 4.78 is 86.2. The quantitative estimate of drug-likeness (QED) is 0.753. The minimum Gasteiger partial charge on any atom is -0.455 e. The van der Waals surface area contributed by atoms with Crippen molar-refractivity contribution in [1.29, 1.82) is 0 Å². The maximum absolute atomic E-state index is 13.7. The normalized spacial score (nSPS) is 17.9. The Balaban J connectivity index is 2.20. The molecule has 1 heterocycles. The summed E-state index contributed by atoms with van der Waals surface area (Å²) >= 11 is 0. The standard InChI is InChI=1S/C15H7F6NO2/c16-13(17)11-9(24-7-2-1-5-22-6-7)4-3-8-10(11)12(23)15(20,21)14(8,18)19/h1-6,13H. The molecule has 0 unspecified atom stereocenters. The van der Waals surface area contributed by atoms with E-state index in [1.165, 1.54) is 18.3 Å². The van der Waals surface area contributed by atoms with Crippen molar-refractivity contribution in [3.8, 4) is 11.5 Å². The Hall–Kier alpha value is -2.58. The van der Waals surface area contributed by atoms with Crippen LogP contribution in [0.1, 0.15) is 27.9 Å². The van der Waals surface area contributed by atoms with Crippen LogP contribution in [0.3, 0.4) is 0 Å². The molecule has 0 radical (unpaired) electrons. The smallest absolute Gasteiger partial charge is 0.376 e. The van der Waals surface area contributed by atoms with E-state index in [0.717, 1.165) is 6.20 Å². The monoisotopic (exact) mass is 347 g/mol. The average Bonchev–Trinajstić information content (AvgIpc) is 2.66. The molecule has 9 heteroatoms. The number of pyridine rings is 1. The lowest BCUT2D eigenvalue weighted by Crippen LogP contribution is -2.38. The van der Waals surface area contributed by atoms with Gasteiger partial charge in [-0.3, -0.25) is 9.78 Å². The fraction of sp³-hybridized carbons (Fsp3) is 0.200. The SMILES string of the molecule is O=C1c2c(ccc(Oc3cccnc3)c2C(F)F)C(F)(F)C1(F)F. The van der Waals surface area contributed by atoms with Crippen molar-refractivity contribution in [2.75, 3.05) is 0 Å². The summed E-state index contributed by atoms with van der Waals surface area (Å²) in [4.78, 5) is 15.3. The van der Waals surface area contributed by atoms with Crippen LogP contribution in [0.25, 0.3) is 0 Å². The van der Waals surface area contributed by atoms with Gasteiger partial charge in [-0.25, -0.2) is 8.78 Å². The van der Waals surface area contributed by atoms with Crippen molar-refractivity contribution >= 4 is 5.78 Å². The molecule has 0 N–H and O–H groups in total. The second-order valence-electron chi connectivity index (χ2n) is 4.97. The van der Waals surface area contributed by atoms with Gasteiger partial charge < -0.3 is 4.74 Å². The zero-order valence-electron chi connectivity index (χ0n) is 11.6. The Labute approximate surface area is 130 Å². The summed E-state index contributed by atoms with van der Waals surface area (Å²) in [6.07, 6.45) is -0.956. The third-order valence-electron chi connectivity index (χ3n) is 3.53. The number of rotatable bonds is 3. The van der Waals surface area contributed by atoms with Gasteiger partial charge in [0.15, 0.2) is 0 Å². The zero-order chi connectivity index (χ0) is 17.7. The van der Waals surface area contributed by atoms with Crippen LogP contribution < -0.4 is 4.74 Å². The Morgan fingerprint density at radius 2 is 1.75 bits per heavy atom. The third-order valence-corrected chi connectivity index (χ3v) is 3.53. The Kier molecular flexibility index (Phi) is 3.54. The molecule has 0 saturated carbocycles. The number of halogens is 6. The van der Waals surface area contributed by atoms with Gasteiger partial charge >= 0.3 is 11.8 Å². The van der Waals surface area contributed by atoms with Crippen LogP contribution >= 0.6 is 0 Å². The molecule has 24 heavy (non-hydrogen) atoms. The van der Waals surface area contributed by atoms with Crippen molar-refractivity contribution in [3.05, 3.63) is 53.3 Å². The maximum atomic E-state index is 13.7. The Morgan fingerprint density at radius 1 is 1.04 bits per heavy atom. The van der Waals surface area contributed by atoms with E-state index in [4.69, 9.17) is 4.74 Å². The minimum atomic E-state index is -5.09. The number of aromatic nitrogens is 1. The summed E-state index contributed by atoms with van der Waals surface area (Å²) in [6, 6.07) is 3.94. The molecule has 0 bridgehead atoms. The van der Waals surface area contributed by atoms with E-state index in [0.29, 0.717) is 12.1 Å². The number of carbonyl (C=O) groups excluding carboxylic acids is 1. The van der Waals surface area contributed by atoms with E-state index >= 15 is 0 Å². The van der Waals surface area contributed by atoms with Gasteiger partial charge in [-0.05, 0) is 24.3 Å². The minimum absolute atomic E-state index is 0.0247. The number of nitrogens with zero attached hydrogens (tertiary/aromatic N) is 1. The Bertz CT molecular complexity index is 807. The highest BCUT2D eigenvalue weighted by Gasteiger charge is 2.70. The number of fused-ring (bicyclic) bond motifs is 1. The van der Waals surface area contributed by atoms with Crippen LogP contribution in [-0.2, 0) is 5.92 Å². The van der Waals surface area contributed by atoms with Crippen molar-refractivity contribution in [1.82, 2.24) is 4.98 Å². The van der Waals surface area contributed by atoms with Gasteiger partial charge in [0.2, 0.25) is 5.78 Å². The van der Waals surface area contributed by atoms with E-state index in [1.54, 1.807) is 0 Å². The molecule has 0 atom stereocenters.